The zero-order chi connectivity index (χ0) is 14.4. The van der Waals surface area contributed by atoms with Crippen molar-refractivity contribution in [2.24, 2.45) is 0 Å². The van der Waals surface area contributed by atoms with Crippen molar-refractivity contribution >= 4 is 17.4 Å². The number of carbonyl (C=O) groups excluding carboxylic acids is 2. The Labute approximate surface area is 109 Å². The van der Waals surface area contributed by atoms with E-state index in [2.05, 4.69) is 4.74 Å². The number of esters is 1. The molecule has 0 aliphatic rings. The lowest BCUT2D eigenvalue weighted by Crippen LogP contribution is -2.12. The predicted molar refractivity (Wildman–Crippen MR) is 67.6 cm³/mol. The van der Waals surface area contributed by atoms with Gasteiger partial charge in [0.05, 0.1) is 17.6 Å². The summed E-state index contributed by atoms with van der Waals surface area (Å²) in [6.45, 7) is 1.28. The average molecular weight is 263 g/mol. The van der Waals surface area contributed by atoms with Crippen molar-refractivity contribution < 1.29 is 19.2 Å². The van der Waals surface area contributed by atoms with Gasteiger partial charge in [-0.25, -0.2) is 4.79 Å². The Morgan fingerprint density at radius 2 is 1.89 bits per heavy atom. The molecule has 0 N–H and O–H groups in total. The number of nitro benzene ring substituents is 1. The number of rotatable bonds is 5. The molecule has 0 aliphatic carbocycles. The molecule has 0 saturated carbocycles. The van der Waals surface area contributed by atoms with Crippen molar-refractivity contribution in [3.8, 4) is 0 Å². The number of non-ortho nitro benzene ring substituents is 1. The number of nitro groups is 1. The summed E-state index contributed by atoms with van der Waals surface area (Å²) in [5.41, 5.74) is 0.724. The number of benzene rings is 1. The molecule has 1 aromatic rings. The average Bonchev–Trinajstić information content (AvgIpc) is 2.38. The molecule has 100 valence electrons. The van der Waals surface area contributed by atoms with Crippen LogP contribution in [0.1, 0.15) is 12.5 Å². The van der Waals surface area contributed by atoms with Crippen LogP contribution in [0.15, 0.2) is 35.9 Å². The minimum atomic E-state index is -0.686. The van der Waals surface area contributed by atoms with Crippen molar-refractivity contribution in [1.29, 1.82) is 0 Å². The first-order valence-electron chi connectivity index (χ1n) is 5.48. The standard InChI is InChI=1S/C13H13NO5/c1-9(15)12(13(16)19-2)8-5-10-3-6-11(7-4-10)14(17)18/h3-4,6-8H,5H2,1-2H3. The first kappa shape index (κ1) is 14.6. The highest BCUT2D eigenvalue weighted by Gasteiger charge is 2.14. The van der Waals surface area contributed by atoms with E-state index < -0.39 is 10.9 Å². The molecule has 0 spiro atoms. The van der Waals surface area contributed by atoms with E-state index in [1.165, 1.54) is 32.2 Å². The molecule has 0 aromatic heterocycles. The van der Waals surface area contributed by atoms with Crippen LogP contribution >= 0.6 is 0 Å². The topological polar surface area (TPSA) is 86.5 Å². The molecular formula is C13H13NO5. The lowest BCUT2D eigenvalue weighted by molar-refractivity contribution is -0.384. The van der Waals surface area contributed by atoms with Crippen LogP contribution in [0.25, 0.3) is 0 Å². The van der Waals surface area contributed by atoms with Gasteiger partial charge < -0.3 is 4.74 Å². The largest absolute Gasteiger partial charge is 0.465 e. The number of hydrogen-bond donors (Lipinski definition) is 0. The number of ketones is 1. The fourth-order valence-corrected chi connectivity index (χ4v) is 1.45. The minimum absolute atomic E-state index is 0.00695. The summed E-state index contributed by atoms with van der Waals surface area (Å²) in [4.78, 5) is 32.6. The molecule has 0 bridgehead atoms. The van der Waals surface area contributed by atoms with Gasteiger partial charge in [0, 0.05) is 12.1 Å². The lowest BCUT2D eigenvalue weighted by atomic mass is 10.1. The summed E-state index contributed by atoms with van der Waals surface area (Å²) in [6, 6.07) is 5.89. The highest BCUT2D eigenvalue weighted by Crippen LogP contribution is 2.13. The second-order valence-electron chi connectivity index (χ2n) is 3.79. The maximum Gasteiger partial charge on any atom is 0.341 e. The number of allylic oxidation sites excluding steroid dienone is 1. The Balaban J connectivity index is 2.86. The highest BCUT2D eigenvalue weighted by molar-refractivity contribution is 6.16. The number of nitrogens with zero attached hydrogens (tertiary/aromatic N) is 1. The van der Waals surface area contributed by atoms with Gasteiger partial charge in [-0.3, -0.25) is 14.9 Å². The number of carbonyl (C=O) groups is 2. The van der Waals surface area contributed by atoms with E-state index >= 15 is 0 Å². The quantitative estimate of drug-likeness (QED) is 0.202. The Kier molecular flexibility index (Phi) is 4.93. The summed E-state index contributed by atoms with van der Waals surface area (Å²) >= 11 is 0. The highest BCUT2D eigenvalue weighted by atomic mass is 16.6. The number of Topliss-reactive ketones (excluding diaryl/α,β-unsaturated/α-hetero) is 1. The Hall–Kier alpha value is -2.50. The molecular weight excluding hydrogens is 250 g/mol. The monoisotopic (exact) mass is 263 g/mol. The maximum absolute atomic E-state index is 11.3. The third-order valence-corrected chi connectivity index (χ3v) is 2.47. The third-order valence-electron chi connectivity index (χ3n) is 2.47. The van der Waals surface area contributed by atoms with E-state index in [4.69, 9.17) is 0 Å². The van der Waals surface area contributed by atoms with Crippen LogP contribution in [0.5, 0.6) is 0 Å². The van der Waals surface area contributed by atoms with Crippen molar-refractivity contribution in [3.05, 3.63) is 51.6 Å². The summed E-state index contributed by atoms with van der Waals surface area (Å²) in [5.74, 6) is -1.07. The van der Waals surface area contributed by atoms with Crippen molar-refractivity contribution in [2.45, 2.75) is 13.3 Å². The van der Waals surface area contributed by atoms with E-state index in [1.807, 2.05) is 0 Å². The van der Waals surface area contributed by atoms with Gasteiger partial charge in [-0.05, 0) is 18.9 Å². The SMILES string of the molecule is COC(=O)C(=CCc1ccc([N+](=O)[O-])cc1)C(C)=O. The minimum Gasteiger partial charge on any atom is -0.465 e. The van der Waals surface area contributed by atoms with Gasteiger partial charge in [-0.15, -0.1) is 0 Å². The zero-order valence-corrected chi connectivity index (χ0v) is 10.6. The first-order chi connectivity index (χ1) is 8.95. The van der Waals surface area contributed by atoms with E-state index in [0.717, 1.165) is 5.56 Å². The van der Waals surface area contributed by atoms with Crippen LogP contribution in [0.4, 0.5) is 5.69 Å². The van der Waals surface area contributed by atoms with Crippen LogP contribution in [-0.4, -0.2) is 23.8 Å². The van der Waals surface area contributed by atoms with Gasteiger partial charge in [0.1, 0.15) is 0 Å². The van der Waals surface area contributed by atoms with Crippen molar-refractivity contribution in [2.75, 3.05) is 7.11 Å². The van der Waals surface area contributed by atoms with Crippen LogP contribution in [0.3, 0.4) is 0 Å². The van der Waals surface area contributed by atoms with Gasteiger partial charge in [-0.1, -0.05) is 18.2 Å². The van der Waals surface area contributed by atoms with E-state index in [-0.39, 0.29) is 17.0 Å². The van der Waals surface area contributed by atoms with Gasteiger partial charge >= 0.3 is 5.97 Å². The van der Waals surface area contributed by atoms with E-state index in [1.54, 1.807) is 12.1 Å². The summed E-state index contributed by atoms with van der Waals surface area (Å²) in [5, 5.41) is 10.5. The third kappa shape index (κ3) is 4.02. The van der Waals surface area contributed by atoms with Gasteiger partial charge in [0.15, 0.2) is 5.78 Å². The van der Waals surface area contributed by atoms with Gasteiger partial charge in [0.25, 0.3) is 5.69 Å². The van der Waals surface area contributed by atoms with Crippen LogP contribution in [0, 0.1) is 10.1 Å². The fourth-order valence-electron chi connectivity index (χ4n) is 1.45. The molecule has 1 rings (SSSR count). The van der Waals surface area contributed by atoms with Crippen molar-refractivity contribution in [1.82, 2.24) is 0 Å². The van der Waals surface area contributed by atoms with Crippen molar-refractivity contribution in [3.63, 3.8) is 0 Å². The number of hydrogen-bond acceptors (Lipinski definition) is 5. The molecule has 19 heavy (non-hydrogen) atoms. The van der Waals surface area contributed by atoms with Crippen LogP contribution < -0.4 is 0 Å². The smallest absolute Gasteiger partial charge is 0.341 e. The molecule has 0 atom stereocenters. The molecule has 0 amide bonds. The summed E-state index contributed by atoms with van der Waals surface area (Å²) in [7, 11) is 1.20. The van der Waals surface area contributed by atoms with Crippen LogP contribution in [0.2, 0.25) is 0 Å². The Morgan fingerprint density at radius 1 is 1.32 bits per heavy atom. The molecule has 1 aromatic carbocycles. The zero-order valence-electron chi connectivity index (χ0n) is 10.6. The second kappa shape index (κ2) is 6.44. The van der Waals surface area contributed by atoms with Gasteiger partial charge in [-0.2, -0.15) is 0 Å². The van der Waals surface area contributed by atoms with E-state index in [9.17, 15) is 19.7 Å². The maximum atomic E-state index is 11.3. The molecule has 0 fully saturated rings. The predicted octanol–water partition coefficient (Wildman–Crippen LogP) is 1.83. The molecule has 0 unspecified atom stereocenters. The normalized spacial score (nSPS) is 10.9. The van der Waals surface area contributed by atoms with Gasteiger partial charge in [0.2, 0.25) is 0 Å². The second-order valence-corrected chi connectivity index (χ2v) is 3.79. The number of methoxy groups -OCH3 is 1. The summed E-state index contributed by atoms with van der Waals surface area (Å²) < 4.78 is 4.50. The Morgan fingerprint density at radius 3 is 2.32 bits per heavy atom. The number of ether oxygens (including phenoxy) is 1. The first-order valence-corrected chi connectivity index (χ1v) is 5.48. The fraction of sp³-hybridized carbons (Fsp3) is 0.231. The molecule has 0 saturated heterocycles. The molecule has 6 heteroatoms. The summed E-state index contributed by atoms with van der Waals surface area (Å²) in [6.07, 6.45) is 1.78. The molecule has 6 nitrogen and oxygen atoms in total. The molecule has 0 radical (unpaired) electrons. The Bertz CT molecular complexity index is 530. The molecule has 0 aliphatic heterocycles. The van der Waals surface area contributed by atoms with Crippen LogP contribution in [-0.2, 0) is 20.7 Å². The van der Waals surface area contributed by atoms with E-state index in [0.29, 0.717) is 6.42 Å². The molecule has 0 heterocycles. The lowest BCUT2D eigenvalue weighted by Gasteiger charge is -2.01.